The van der Waals surface area contributed by atoms with Gasteiger partial charge in [-0.15, -0.1) is 0 Å². The molecule has 1 aromatic carbocycles. The predicted molar refractivity (Wildman–Crippen MR) is 91.1 cm³/mol. The van der Waals surface area contributed by atoms with Crippen molar-refractivity contribution in [2.75, 3.05) is 13.6 Å². The minimum Gasteiger partial charge on any atom is -0.477 e. The molecule has 2 N–H and O–H groups in total. The first-order chi connectivity index (χ1) is 11.2. The average molecular weight is 334 g/mol. The molecule has 6 heteroatoms. The minimum atomic E-state index is -1.07. The lowest BCUT2D eigenvalue weighted by Crippen LogP contribution is -2.63. The van der Waals surface area contributed by atoms with Gasteiger partial charge in [0.05, 0.1) is 0 Å². The van der Waals surface area contributed by atoms with Crippen molar-refractivity contribution >= 4 is 12.0 Å². The molecule has 0 saturated carbocycles. The van der Waals surface area contributed by atoms with Crippen molar-refractivity contribution in [2.45, 2.75) is 45.3 Å². The highest BCUT2D eigenvalue weighted by Crippen LogP contribution is 2.39. The van der Waals surface area contributed by atoms with Gasteiger partial charge in [-0.05, 0) is 17.5 Å². The Morgan fingerprint density at radius 1 is 1.29 bits per heavy atom. The molecule has 1 aliphatic rings. The monoisotopic (exact) mass is 334 g/mol. The maximum absolute atomic E-state index is 12.6. The number of para-hydroxylation sites is 1. The molecule has 0 spiro atoms. The van der Waals surface area contributed by atoms with Gasteiger partial charge in [-0.1, -0.05) is 39.0 Å². The van der Waals surface area contributed by atoms with Crippen LogP contribution in [0.25, 0.3) is 0 Å². The maximum Gasteiger partial charge on any atom is 0.407 e. The first-order valence-electron chi connectivity index (χ1n) is 8.15. The molecule has 1 fully saturated rings. The summed E-state index contributed by atoms with van der Waals surface area (Å²) >= 11 is 0. The number of piperidine rings is 1. The topological polar surface area (TPSA) is 78.9 Å². The fourth-order valence-electron chi connectivity index (χ4n) is 3.27. The zero-order chi connectivity index (χ0) is 18.0. The van der Waals surface area contributed by atoms with Crippen LogP contribution in [0.4, 0.5) is 4.79 Å². The van der Waals surface area contributed by atoms with Gasteiger partial charge in [0.25, 0.3) is 5.91 Å². The van der Waals surface area contributed by atoms with E-state index in [1.165, 1.54) is 4.90 Å². The van der Waals surface area contributed by atoms with Crippen LogP contribution in [-0.4, -0.2) is 47.2 Å². The minimum absolute atomic E-state index is 0.217. The lowest BCUT2D eigenvalue weighted by atomic mass is 9.74. The number of rotatable bonds is 3. The number of hydrogen-bond acceptors (Lipinski definition) is 3. The quantitative estimate of drug-likeness (QED) is 0.891. The van der Waals surface area contributed by atoms with Crippen LogP contribution in [0.1, 0.15) is 33.6 Å². The molecule has 132 valence electrons. The standard InChI is InChI=1S/C18H26N2O4/c1-17(2,3)14-12-18(15(21)19-4,10-11-20(14)16(22)23)24-13-8-6-5-7-9-13/h5-9,14H,10-12H2,1-4H3,(H,19,21)(H,22,23). The van der Waals surface area contributed by atoms with Gasteiger partial charge in [0.2, 0.25) is 0 Å². The van der Waals surface area contributed by atoms with Crippen molar-refractivity contribution in [3.05, 3.63) is 30.3 Å². The van der Waals surface area contributed by atoms with E-state index in [0.29, 0.717) is 18.6 Å². The third-order valence-electron chi connectivity index (χ3n) is 4.60. The van der Waals surface area contributed by atoms with Crippen LogP contribution >= 0.6 is 0 Å². The highest BCUT2D eigenvalue weighted by atomic mass is 16.5. The smallest absolute Gasteiger partial charge is 0.407 e. The highest BCUT2D eigenvalue weighted by Gasteiger charge is 2.51. The molecule has 1 aromatic rings. The molecule has 0 radical (unpaired) electrons. The molecule has 0 aromatic heterocycles. The van der Waals surface area contributed by atoms with E-state index in [9.17, 15) is 14.7 Å². The highest BCUT2D eigenvalue weighted by molar-refractivity contribution is 5.86. The summed E-state index contributed by atoms with van der Waals surface area (Å²) in [6.45, 7) is 6.21. The number of carbonyl (C=O) groups is 2. The molecule has 1 aliphatic heterocycles. The van der Waals surface area contributed by atoms with Crippen LogP contribution in [0.3, 0.4) is 0 Å². The van der Waals surface area contributed by atoms with Crippen molar-refractivity contribution < 1.29 is 19.4 Å². The normalized spacial score (nSPS) is 24.3. The van der Waals surface area contributed by atoms with E-state index in [-0.39, 0.29) is 23.9 Å². The van der Waals surface area contributed by atoms with Crippen molar-refractivity contribution in [1.82, 2.24) is 10.2 Å². The Balaban J connectivity index is 2.38. The fourth-order valence-corrected chi connectivity index (χ4v) is 3.27. The molecule has 2 rings (SSSR count). The zero-order valence-electron chi connectivity index (χ0n) is 14.7. The largest absolute Gasteiger partial charge is 0.477 e. The Kier molecular flexibility index (Phi) is 5.06. The molecule has 2 atom stereocenters. The molecule has 2 unspecified atom stereocenters. The van der Waals surface area contributed by atoms with Gasteiger partial charge in [0.15, 0.2) is 5.60 Å². The summed E-state index contributed by atoms with van der Waals surface area (Å²) in [5, 5.41) is 12.2. The maximum atomic E-state index is 12.6. The van der Waals surface area contributed by atoms with Gasteiger partial charge in [-0.2, -0.15) is 0 Å². The van der Waals surface area contributed by atoms with Crippen LogP contribution in [0, 0.1) is 5.41 Å². The van der Waals surface area contributed by atoms with Crippen LogP contribution < -0.4 is 10.1 Å². The number of likely N-dealkylation sites (N-methyl/N-ethyl adjacent to an activating group) is 1. The van der Waals surface area contributed by atoms with Crippen LogP contribution in [-0.2, 0) is 4.79 Å². The Hall–Kier alpha value is -2.24. The molecule has 1 saturated heterocycles. The number of ether oxygens (including phenoxy) is 1. The summed E-state index contributed by atoms with van der Waals surface area (Å²) in [5.41, 5.74) is -1.38. The summed E-state index contributed by atoms with van der Waals surface area (Å²) in [7, 11) is 1.58. The summed E-state index contributed by atoms with van der Waals surface area (Å²) in [6.07, 6.45) is -0.321. The number of likely N-dealkylation sites (tertiary alicyclic amines) is 1. The third kappa shape index (κ3) is 3.63. The summed E-state index contributed by atoms with van der Waals surface area (Å²) < 4.78 is 6.12. The second-order valence-electron chi connectivity index (χ2n) is 7.30. The van der Waals surface area contributed by atoms with Crippen molar-refractivity contribution in [2.24, 2.45) is 5.41 Å². The van der Waals surface area contributed by atoms with Crippen molar-refractivity contribution in [3.63, 3.8) is 0 Å². The van der Waals surface area contributed by atoms with Gasteiger partial charge in [0.1, 0.15) is 5.75 Å². The van der Waals surface area contributed by atoms with Crippen molar-refractivity contribution in [1.29, 1.82) is 0 Å². The number of carboxylic acid groups (broad SMARTS) is 1. The lowest BCUT2D eigenvalue weighted by molar-refractivity contribution is -0.144. The molecule has 2 amide bonds. The Labute approximate surface area is 142 Å². The van der Waals surface area contributed by atoms with E-state index < -0.39 is 11.7 Å². The van der Waals surface area contributed by atoms with Gasteiger partial charge in [-0.3, -0.25) is 4.79 Å². The van der Waals surface area contributed by atoms with E-state index in [2.05, 4.69) is 5.32 Å². The molecule has 1 heterocycles. The van der Waals surface area contributed by atoms with Crippen LogP contribution in [0.5, 0.6) is 5.75 Å². The Bertz CT molecular complexity index is 597. The van der Waals surface area contributed by atoms with Gasteiger partial charge < -0.3 is 20.1 Å². The second-order valence-corrected chi connectivity index (χ2v) is 7.30. The van der Waals surface area contributed by atoms with Crippen LogP contribution in [0.2, 0.25) is 0 Å². The molecular formula is C18H26N2O4. The summed E-state index contributed by atoms with van der Waals surface area (Å²) in [5.74, 6) is 0.392. The predicted octanol–water partition coefficient (Wildman–Crippen LogP) is 2.74. The third-order valence-corrected chi connectivity index (χ3v) is 4.60. The number of carbonyl (C=O) groups excluding carboxylic acids is 1. The number of nitrogens with zero attached hydrogens (tertiary/aromatic N) is 1. The number of benzene rings is 1. The van der Waals surface area contributed by atoms with Crippen molar-refractivity contribution in [3.8, 4) is 5.75 Å². The fraction of sp³-hybridized carbons (Fsp3) is 0.556. The summed E-state index contributed by atoms with van der Waals surface area (Å²) in [4.78, 5) is 25.7. The van der Waals surface area contributed by atoms with E-state index in [1.54, 1.807) is 19.2 Å². The molecule has 0 bridgehead atoms. The number of hydrogen-bond donors (Lipinski definition) is 2. The zero-order valence-corrected chi connectivity index (χ0v) is 14.7. The Morgan fingerprint density at radius 3 is 2.42 bits per heavy atom. The molecule has 6 nitrogen and oxygen atoms in total. The SMILES string of the molecule is CNC(=O)C1(Oc2ccccc2)CCN(C(=O)O)C(C(C)(C)C)C1. The van der Waals surface area contributed by atoms with Gasteiger partial charge in [0, 0.05) is 32.5 Å². The van der Waals surface area contributed by atoms with Crippen LogP contribution in [0.15, 0.2) is 30.3 Å². The van der Waals surface area contributed by atoms with E-state index in [4.69, 9.17) is 4.74 Å². The average Bonchev–Trinajstić information content (AvgIpc) is 2.53. The molecule has 24 heavy (non-hydrogen) atoms. The van der Waals surface area contributed by atoms with Gasteiger partial charge in [-0.25, -0.2) is 4.79 Å². The Morgan fingerprint density at radius 2 is 1.92 bits per heavy atom. The first-order valence-corrected chi connectivity index (χ1v) is 8.15. The van der Waals surface area contributed by atoms with E-state index in [0.717, 1.165) is 0 Å². The lowest BCUT2D eigenvalue weighted by Gasteiger charge is -2.48. The first kappa shape index (κ1) is 18.1. The van der Waals surface area contributed by atoms with E-state index >= 15 is 0 Å². The molecule has 0 aliphatic carbocycles. The van der Waals surface area contributed by atoms with E-state index in [1.807, 2.05) is 39.0 Å². The molecular weight excluding hydrogens is 308 g/mol. The number of nitrogens with one attached hydrogen (secondary N) is 1. The summed E-state index contributed by atoms with van der Waals surface area (Å²) in [6, 6.07) is 8.87. The van der Waals surface area contributed by atoms with Gasteiger partial charge >= 0.3 is 6.09 Å². The number of amides is 2. The second kappa shape index (κ2) is 6.71.